The fraction of sp³-hybridized carbons (Fsp3) is 0.571. The lowest BCUT2D eigenvalue weighted by atomic mass is 10.0. The van der Waals surface area contributed by atoms with Crippen molar-refractivity contribution >= 4 is 28.3 Å². The Balaban J connectivity index is 1.78. The second-order valence-corrected chi connectivity index (χ2v) is 6.56. The van der Waals surface area contributed by atoms with Crippen LogP contribution in [-0.4, -0.2) is 42.2 Å². The normalized spacial score (nSPS) is 25.0. The van der Waals surface area contributed by atoms with Gasteiger partial charge in [0.2, 0.25) is 0 Å². The predicted octanol–water partition coefficient (Wildman–Crippen LogP) is 2.27. The molecule has 1 aromatic carbocycles. The van der Waals surface area contributed by atoms with Gasteiger partial charge in [0.25, 0.3) is 0 Å². The minimum atomic E-state index is 0.338. The highest BCUT2D eigenvalue weighted by Gasteiger charge is 2.19. The molecule has 0 aliphatic carbocycles. The summed E-state index contributed by atoms with van der Waals surface area (Å²) in [5, 5.41) is 0. The summed E-state index contributed by atoms with van der Waals surface area (Å²) in [6.07, 6.45) is 1.04. The summed E-state index contributed by atoms with van der Waals surface area (Å²) in [5.41, 5.74) is 4.19. The first kappa shape index (κ1) is 12.7. The first-order valence-corrected chi connectivity index (χ1v) is 7.78. The van der Waals surface area contributed by atoms with Crippen LogP contribution in [0.2, 0.25) is 0 Å². The number of hydrogen-bond acceptors (Lipinski definition) is 3. The maximum absolute atomic E-state index is 5.72. The molecule has 98 valence electrons. The van der Waals surface area contributed by atoms with Crippen LogP contribution in [0, 0.1) is 0 Å². The fourth-order valence-electron chi connectivity index (χ4n) is 2.62. The third kappa shape index (κ3) is 2.65. The van der Waals surface area contributed by atoms with Gasteiger partial charge < -0.3 is 14.5 Å². The highest BCUT2D eigenvalue weighted by atomic mass is 127. The van der Waals surface area contributed by atoms with Gasteiger partial charge in [-0.1, -0.05) is 28.7 Å². The smallest absolute Gasteiger partial charge is 0.113 e. The van der Waals surface area contributed by atoms with Gasteiger partial charge in [-0.2, -0.15) is 0 Å². The van der Waals surface area contributed by atoms with Crippen molar-refractivity contribution in [3.05, 3.63) is 29.3 Å². The van der Waals surface area contributed by atoms with E-state index in [9.17, 15) is 0 Å². The summed E-state index contributed by atoms with van der Waals surface area (Å²) in [6.45, 7) is 5.34. The molecule has 1 fully saturated rings. The second-order valence-electron chi connectivity index (χ2n) is 5.17. The van der Waals surface area contributed by atoms with Gasteiger partial charge in [-0.3, -0.25) is 0 Å². The Labute approximate surface area is 122 Å². The molecule has 3 rings (SSSR count). The number of benzene rings is 1. The highest BCUT2D eigenvalue weighted by molar-refractivity contribution is 14.1. The molecule has 2 aliphatic heterocycles. The van der Waals surface area contributed by atoms with Crippen LogP contribution >= 0.6 is 22.6 Å². The van der Waals surface area contributed by atoms with Crippen LogP contribution in [0.1, 0.15) is 11.1 Å². The van der Waals surface area contributed by atoms with Crippen LogP contribution < -0.4 is 4.90 Å². The average molecular weight is 358 g/mol. The maximum Gasteiger partial charge on any atom is 0.113 e. The summed E-state index contributed by atoms with van der Waals surface area (Å²) in [6, 6.07) is 6.89. The number of ether oxygens (including phenoxy) is 1. The van der Waals surface area contributed by atoms with E-state index >= 15 is 0 Å². The molecule has 1 saturated heterocycles. The lowest BCUT2D eigenvalue weighted by Gasteiger charge is -2.34. The lowest BCUT2D eigenvalue weighted by Crippen LogP contribution is -2.44. The number of anilines is 1. The van der Waals surface area contributed by atoms with Crippen LogP contribution in [0.15, 0.2) is 18.2 Å². The number of alkyl halides is 1. The molecule has 0 aromatic heterocycles. The van der Waals surface area contributed by atoms with E-state index in [1.54, 1.807) is 0 Å². The Hall–Kier alpha value is -0.330. The Kier molecular flexibility index (Phi) is 3.77. The number of hydrogen-bond donors (Lipinski definition) is 0. The minimum Gasteiger partial charge on any atom is -0.369 e. The molecule has 2 heterocycles. The van der Waals surface area contributed by atoms with Gasteiger partial charge in [0.05, 0.1) is 6.61 Å². The minimum absolute atomic E-state index is 0.338. The van der Waals surface area contributed by atoms with Gasteiger partial charge in [0.15, 0.2) is 0 Å². The largest absolute Gasteiger partial charge is 0.369 e. The van der Waals surface area contributed by atoms with Crippen molar-refractivity contribution in [1.82, 2.24) is 4.90 Å². The number of rotatable bonds is 1. The molecular formula is C14H19IN2O. The number of piperazine rings is 1. The van der Waals surface area contributed by atoms with E-state index in [4.69, 9.17) is 4.74 Å². The Morgan fingerprint density at radius 2 is 1.94 bits per heavy atom. The topological polar surface area (TPSA) is 15.7 Å². The molecule has 0 radical (unpaired) electrons. The zero-order chi connectivity index (χ0) is 12.5. The predicted molar refractivity (Wildman–Crippen MR) is 82.5 cm³/mol. The number of fused-ring (bicyclic) bond motifs is 1. The molecule has 18 heavy (non-hydrogen) atoms. The number of likely N-dealkylation sites (N-methyl/N-ethyl adjacent to an activating group) is 1. The van der Waals surface area contributed by atoms with Crippen molar-refractivity contribution in [2.45, 2.75) is 17.1 Å². The van der Waals surface area contributed by atoms with Crippen LogP contribution in [-0.2, 0) is 17.8 Å². The number of nitrogens with zero attached hydrogens (tertiary/aromatic N) is 2. The van der Waals surface area contributed by atoms with Gasteiger partial charge in [-0.15, -0.1) is 0 Å². The molecule has 1 atom stereocenters. The number of halogens is 1. The average Bonchev–Trinajstić information content (AvgIpc) is 2.39. The highest BCUT2D eigenvalue weighted by Crippen LogP contribution is 2.28. The summed E-state index contributed by atoms with van der Waals surface area (Å²) in [4.78, 5) is 4.87. The van der Waals surface area contributed by atoms with Crippen molar-refractivity contribution in [2.75, 3.05) is 38.1 Å². The molecule has 0 saturated carbocycles. The van der Waals surface area contributed by atoms with Crippen molar-refractivity contribution in [2.24, 2.45) is 0 Å². The Morgan fingerprint density at radius 1 is 1.17 bits per heavy atom. The van der Waals surface area contributed by atoms with Gasteiger partial charge in [-0.05, 0) is 30.3 Å². The Morgan fingerprint density at radius 3 is 2.72 bits per heavy atom. The summed E-state index contributed by atoms with van der Waals surface area (Å²) >= 11 is 2.37. The van der Waals surface area contributed by atoms with Gasteiger partial charge in [0, 0.05) is 38.3 Å². The first-order valence-electron chi connectivity index (χ1n) is 6.53. The maximum atomic E-state index is 5.72. The van der Waals surface area contributed by atoms with Crippen LogP contribution in [0.4, 0.5) is 5.69 Å². The standard InChI is InChI=1S/C14H19IN2O/c1-16-4-6-17(7-5-16)13-3-2-11-9-14(15)18-10-12(11)8-13/h2-3,8,14H,4-7,9-10H2,1H3. The molecule has 0 bridgehead atoms. The second kappa shape index (κ2) is 5.35. The van der Waals surface area contributed by atoms with Gasteiger partial charge >= 0.3 is 0 Å². The summed E-state index contributed by atoms with van der Waals surface area (Å²) in [5.74, 6) is 0. The molecule has 4 heteroatoms. The monoisotopic (exact) mass is 358 g/mol. The fourth-order valence-corrected chi connectivity index (χ4v) is 3.27. The lowest BCUT2D eigenvalue weighted by molar-refractivity contribution is 0.0970. The van der Waals surface area contributed by atoms with Crippen LogP contribution in [0.3, 0.4) is 0 Å². The first-order chi connectivity index (χ1) is 8.72. The summed E-state index contributed by atoms with van der Waals surface area (Å²) in [7, 11) is 2.19. The molecule has 1 unspecified atom stereocenters. The summed E-state index contributed by atoms with van der Waals surface area (Å²) < 4.78 is 6.06. The molecule has 0 spiro atoms. The SMILES string of the molecule is CN1CCN(c2ccc3c(c2)COC(I)C3)CC1. The van der Waals surface area contributed by atoms with E-state index in [2.05, 4.69) is 57.6 Å². The van der Waals surface area contributed by atoms with E-state index < -0.39 is 0 Å². The van der Waals surface area contributed by atoms with Crippen LogP contribution in [0.25, 0.3) is 0 Å². The molecule has 3 nitrogen and oxygen atoms in total. The van der Waals surface area contributed by atoms with Crippen molar-refractivity contribution in [3.63, 3.8) is 0 Å². The van der Waals surface area contributed by atoms with Crippen molar-refractivity contribution in [1.29, 1.82) is 0 Å². The van der Waals surface area contributed by atoms with Gasteiger partial charge in [0.1, 0.15) is 4.11 Å². The molecular weight excluding hydrogens is 339 g/mol. The zero-order valence-electron chi connectivity index (χ0n) is 10.7. The van der Waals surface area contributed by atoms with E-state index in [-0.39, 0.29) is 0 Å². The third-order valence-corrected chi connectivity index (χ3v) is 4.66. The molecule has 1 aromatic rings. The van der Waals surface area contributed by atoms with Gasteiger partial charge in [-0.25, -0.2) is 0 Å². The Bertz CT molecular complexity index is 430. The molecule has 0 amide bonds. The molecule has 0 N–H and O–H groups in total. The van der Waals surface area contributed by atoms with E-state index in [1.807, 2.05) is 0 Å². The van der Waals surface area contributed by atoms with Crippen molar-refractivity contribution in [3.8, 4) is 0 Å². The molecule has 2 aliphatic rings. The van der Waals surface area contributed by atoms with E-state index in [1.165, 1.54) is 16.8 Å². The third-order valence-electron chi connectivity index (χ3n) is 3.86. The van der Waals surface area contributed by atoms with Crippen molar-refractivity contribution < 1.29 is 4.74 Å². The zero-order valence-corrected chi connectivity index (χ0v) is 12.9. The quantitative estimate of drug-likeness (QED) is 0.566. The van der Waals surface area contributed by atoms with E-state index in [0.29, 0.717) is 4.11 Å². The van der Waals surface area contributed by atoms with E-state index in [0.717, 1.165) is 39.2 Å². The van der Waals surface area contributed by atoms with Crippen LogP contribution in [0.5, 0.6) is 0 Å².